The molecule has 1 fully saturated rings. The van der Waals surface area contributed by atoms with Crippen molar-refractivity contribution in [1.82, 2.24) is 10.2 Å². The quantitative estimate of drug-likeness (QED) is 0.673. The lowest BCUT2D eigenvalue weighted by Gasteiger charge is -2.25. The third kappa shape index (κ3) is 4.97. The van der Waals surface area contributed by atoms with Crippen molar-refractivity contribution in [3.8, 4) is 0 Å². The minimum Gasteiger partial charge on any atom is -0.312 e. The van der Waals surface area contributed by atoms with E-state index in [1.807, 2.05) is 0 Å². The van der Waals surface area contributed by atoms with E-state index < -0.39 is 0 Å². The predicted molar refractivity (Wildman–Crippen MR) is 62.5 cm³/mol. The predicted octanol–water partition coefficient (Wildman–Crippen LogP) is 1.96. The Morgan fingerprint density at radius 2 is 1.93 bits per heavy atom. The molecule has 1 unspecified atom stereocenters. The van der Waals surface area contributed by atoms with Crippen LogP contribution in [0.3, 0.4) is 0 Å². The molecule has 0 aromatic rings. The summed E-state index contributed by atoms with van der Waals surface area (Å²) < 4.78 is 0. The molecule has 2 nitrogen and oxygen atoms in total. The first-order chi connectivity index (χ1) is 6.59. The average molecular weight is 198 g/mol. The van der Waals surface area contributed by atoms with Crippen LogP contribution >= 0.6 is 0 Å². The molecule has 1 rings (SSSR count). The van der Waals surface area contributed by atoms with Crippen molar-refractivity contribution in [1.29, 1.82) is 0 Å². The summed E-state index contributed by atoms with van der Waals surface area (Å²) in [5, 5.41) is 3.68. The van der Waals surface area contributed by atoms with Crippen molar-refractivity contribution in [2.45, 2.75) is 39.2 Å². The van der Waals surface area contributed by atoms with Gasteiger partial charge in [-0.3, -0.25) is 0 Å². The van der Waals surface area contributed by atoms with Gasteiger partial charge in [-0.15, -0.1) is 0 Å². The zero-order chi connectivity index (χ0) is 10.6. The van der Waals surface area contributed by atoms with Gasteiger partial charge in [0.25, 0.3) is 0 Å². The standard InChI is InChI=1S/C12H26N2/c1-10(2)12(9-14(3)4)13-8-7-11-5-6-11/h10-13H,5-9H2,1-4H3. The number of nitrogens with one attached hydrogen (secondary N) is 1. The highest BCUT2D eigenvalue weighted by atomic mass is 15.1. The molecule has 0 aliphatic heterocycles. The summed E-state index contributed by atoms with van der Waals surface area (Å²) >= 11 is 0. The van der Waals surface area contributed by atoms with Crippen molar-refractivity contribution in [2.24, 2.45) is 11.8 Å². The van der Waals surface area contributed by atoms with Gasteiger partial charge in [-0.05, 0) is 38.9 Å². The van der Waals surface area contributed by atoms with E-state index >= 15 is 0 Å². The molecule has 0 saturated heterocycles. The minimum atomic E-state index is 0.656. The van der Waals surface area contributed by atoms with Crippen LogP contribution in [0.15, 0.2) is 0 Å². The topological polar surface area (TPSA) is 15.3 Å². The fraction of sp³-hybridized carbons (Fsp3) is 1.00. The molecule has 1 aliphatic rings. The Morgan fingerprint density at radius 1 is 1.29 bits per heavy atom. The Kier molecular flexibility index (Phi) is 4.90. The normalized spacial score (nSPS) is 19.3. The zero-order valence-electron chi connectivity index (χ0n) is 10.2. The fourth-order valence-corrected chi connectivity index (χ4v) is 1.78. The zero-order valence-corrected chi connectivity index (χ0v) is 10.2. The van der Waals surface area contributed by atoms with Crippen LogP contribution in [0.25, 0.3) is 0 Å². The molecule has 0 radical (unpaired) electrons. The first kappa shape index (κ1) is 12.0. The van der Waals surface area contributed by atoms with Gasteiger partial charge in [-0.1, -0.05) is 26.7 Å². The number of hydrogen-bond acceptors (Lipinski definition) is 2. The van der Waals surface area contributed by atoms with Gasteiger partial charge >= 0.3 is 0 Å². The lowest BCUT2D eigenvalue weighted by molar-refractivity contribution is 0.288. The van der Waals surface area contributed by atoms with Crippen molar-refractivity contribution in [3.63, 3.8) is 0 Å². The molecular formula is C12H26N2. The van der Waals surface area contributed by atoms with E-state index in [-0.39, 0.29) is 0 Å². The van der Waals surface area contributed by atoms with Crippen molar-refractivity contribution in [2.75, 3.05) is 27.2 Å². The Bertz CT molecular complexity index is 150. The van der Waals surface area contributed by atoms with E-state index in [2.05, 4.69) is 38.2 Å². The monoisotopic (exact) mass is 198 g/mol. The molecule has 14 heavy (non-hydrogen) atoms. The second-order valence-electron chi connectivity index (χ2n) is 5.30. The van der Waals surface area contributed by atoms with E-state index in [1.54, 1.807) is 0 Å². The summed E-state index contributed by atoms with van der Waals surface area (Å²) in [6.45, 7) is 6.97. The molecule has 0 spiro atoms. The van der Waals surface area contributed by atoms with Crippen LogP contribution in [0.4, 0.5) is 0 Å². The smallest absolute Gasteiger partial charge is 0.0217 e. The molecule has 2 heteroatoms. The molecule has 0 aromatic heterocycles. The lowest BCUT2D eigenvalue weighted by atomic mass is 10.0. The molecule has 84 valence electrons. The number of hydrogen-bond donors (Lipinski definition) is 1. The van der Waals surface area contributed by atoms with E-state index in [4.69, 9.17) is 0 Å². The van der Waals surface area contributed by atoms with E-state index in [0.29, 0.717) is 6.04 Å². The van der Waals surface area contributed by atoms with Gasteiger partial charge in [-0.25, -0.2) is 0 Å². The van der Waals surface area contributed by atoms with Gasteiger partial charge < -0.3 is 10.2 Å². The fourth-order valence-electron chi connectivity index (χ4n) is 1.78. The molecule has 1 aliphatic carbocycles. The van der Waals surface area contributed by atoms with E-state index in [0.717, 1.165) is 18.4 Å². The van der Waals surface area contributed by atoms with Crippen molar-refractivity contribution in [3.05, 3.63) is 0 Å². The summed E-state index contributed by atoms with van der Waals surface area (Å²) in [6, 6.07) is 0.656. The Labute approximate surface area is 89.1 Å². The van der Waals surface area contributed by atoms with Crippen LogP contribution in [0.1, 0.15) is 33.1 Å². The SMILES string of the molecule is CC(C)C(CN(C)C)NCCC1CC1. The van der Waals surface area contributed by atoms with E-state index in [1.165, 1.54) is 25.8 Å². The Morgan fingerprint density at radius 3 is 2.36 bits per heavy atom. The van der Waals surface area contributed by atoms with Crippen molar-refractivity contribution >= 4 is 0 Å². The first-order valence-corrected chi connectivity index (χ1v) is 5.97. The lowest BCUT2D eigenvalue weighted by Crippen LogP contribution is -2.42. The molecule has 0 aromatic carbocycles. The summed E-state index contributed by atoms with van der Waals surface area (Å²) in [4.78, 5) is 2.27. The average Bonchev–Trinajstić information content (AvgIpc) is 2.85. The maximum atomic E-state index is 3.68. The van der Waals surface area contributed by atoms with Crippen LogP contribution in [0, 0.1) is 11.8 Å². The molecule has 0 heterocycles. The van der Waals surface area contributed by atoms with Crippen LogP contribution in [-0.2, 0) is 0 Å². The summed E-state index contributed by atoms with van der Waals surface area (Å²) in [7, 11) is 4.30. The molecule has 1 saturated carbocycles. The van der Waals surface area contributed by atoms with Gasteiger partial charge in [0.05, 0.1) is 0 Å². The van der Waals surface area contributed by atoms with Gasteiger partial charge in [0.2, 0.25) is 0 Å². The first-order valence-electron chi connectivity index (χ1n) is 5.97. The van der Waals surface area contributed by atoms with Gasteiger partial charge in [0, 0.05) is 12.6 Å². The minimum absolute atomic E-state index is 0.656. The Hall–Kier alpha value is -0.0800. The maximum absolute atomic E-state index is 3.68. The molecule has 0 bridgehead atoms. The Balaban J connectivity index is 2.12. The maximum Gasteiger partial charge on any atom is 0.0217 e. The third-order valence-corrected chi connectivity index (χ3v) is 3.02. The van der Waals surface area contributed by atoms with Crippen LogP contribution in [0.2, 0.25) is 0 Å². The third-order valence-electron chi connectivity index (χ3n) is 3.02. The summed E-state index contributed by atoms with van der Waals surface area (Å²) in [5.74, 6) is 1.78. The highest BCUT2D eigenvalue weighted by molar-refractivity contribution is 4.77. The molecule has 1 N–H and O–H groups in total. The van der Waals surface area contributed by atoms with Crippen LogP contribution in [0.5, 0.6) is 0 Å². The second-order valence-corrected chi connectivity index (χ2v) is 5.30. The van der Waals surface area contributed by atoms with Gasteiger partial charge in [0.1, 0.15) is 0 Å². The highest BCUT2D eigenvalue weighted by Gasteiger charge is 2.21. The van der Waals surface area contributed by atoms with Crippen LogP contribution < -0.4 is 5.32 Å². The van der Waals surface area contributed by atoms with Crippen LogP contribution in [-0.4, -0.2) is 38.1 Å². The largest absolute Gasteiger partial charge is 0.312 e. The number of nitrogens with zero attached hydrogens (tertiary/aromatic N) is 1. The highest BCUT2D eigenvalue weighted by Crippen LogP contribution is 2.31. The summed E-state index contributed by atoms with van der Waals surface area (Å²) in [5.41, 5.74) is 0. The van der Waals surface area contributed by atoms with Crippen molar-refractivity contribution < 1.29 is 0 Å². The second kappa shape index (κ2) is 5.72. The molecule has 0 amide bonds. The number of likely N-dealkylation sites (N-methyl/N-ethyl adjacent to an activating group) is 1. The summed E-state index contributed by atoms with van der Waals surface area (Å²) in [6.07, 6.45) is 4.33. The molecular weight excluding hydrogens is 172 g/mol. The van der Waals surface area contributed by atoms with E-state index in [9.17, 15) is 0 Å². The number of rotatable bonds is 7. The molecule has 1 atom stereocenters. The van der Waals surface area contributed by atoms with Gasteiger partial charge in [0.15, 0.2) is 0 Å². The van der Waals surface area contributed by atoms with Gasteiger partial charge in [-0.2, -0.15) is 0 Å².